The van der Waals surface area contributed by atoms with Crippen molar-refractivity contribution in [1.29, 1.82) is 0 Å². The van der Waals surface area contributed by atoms with Gasteiger partial charge >= 0.3 is 0 Å². The topological polar surface area (TPSA) is 56.8 Å². The van der Waals surface area contributed by atoms with Gasteiger partial charge in [-0.05, 0) is 37.8 Å². The van der Waals surface area contributed by atoms with Gasteiger partial charge in [0.05, 0.1) is 5.39 Å². The molecule has 1 saturated heterocycles. The predicted octanol–water partition coefficient (Wildman–Crippen LogP) is 2.63. The number of anilines is 1. The molecular formula is C16H23N5. The van der Waals surface area contributed by atoms with Crippen LogP contribution in [0.1, 0.15) is 32.1 Å². The number of hydrogen-bond donors (Lipinski definition) is 2. The van der Waals surface area contributed by atoms with Gasteiger partial charge in [-0.1, -0.05) is 12.8 Å². The number of aromatic nitrogens is 3. The molecule has 0 spiro atoms. The van der Waals surface area contributed by atoms with E-state index in [1.165, 1.54) is 45.2 Å². The number of likely N-dealkylation sites (tertiary alicyclic amines) is 1. The fraction of sp³-hybridized carbons (Fsp3) is 0.625. The van der Waals surface area contributed by atoms with Crippen LogP contribution in [-0.2, 0) is 0 Å². The SMILES string of the molecule is c1nc(NC[C@@H]2CCN(C3CCCC3)C2)c2cc[nH]c2n1. The maximum Gasteiger partial charge on any atom is 0.142 e. The fourth-order valence-electron chi connectivity index (χ4n) is 3.88. The first-order chi connectivity index (χ1) is 10.4. The van der Waals surface area contributed by atoms with Gasteiger partial charge < -0.3 is 15.2 Å². The zero-order chi connectivity index (χ0) is 14.1. The number of aromatic amines is 1. The summed E-state index contributed by atoms with van der Waals surface area (Å²) in [4.78, 5) is 14.5. The smallest absolute Gasteiger partial charge is 0.142 e. The summed E-state index contributed by atoms with van der Waals surface area (Å²) in [6.07, 6.45) is 10.5. The Labute approximate surface area is 125 Å². The van der Waals surface area contributed by atoms with E-state index in [4.69, 9.17) is 0 Å². The molecule has 0 bridgehead atoms. The Morgan fingerprint density at radius 3 is 3.05 bits per heavy atom. The number of H-pyrrole nitrogens is 1. The first-order valence-electron chi connectivity index (χ1n) is 8.16. The third-order valence-corrected chi connectivity index (χ3v) is 5.07. The van der Waals surface area contributed by atoms with Crippen LogP contribution in [0, 0.1) is 5.92 Å². The van der Waals surface area contributed by atoms with Crippen LogP contribution in [0.2, 0.25) is 0 Å². The van der Waals surface area contributed by atoms with E-state index < -0.39 is 0 Å². The molecule has 112 valence electrons. The third-order valence-electron chi connectivity index (χ3n) is 5.07. The average molecular weight is 285 g/mol. The lowest BCUT2D eigenvalue weighted by molar-refractivity contribution is 0.238. The van der Waals surface area contributed by atoms with E-state index in [9.17, 15) is 0 Å². The molecular weight excluding hydrogens is 262 g/mol. The van der Waals surface area contributed by atoms with Crippen molar-refractivity contribution in [3.63, 3.8) is 0 Å². The van der Waals surface area contributed by atoms with Gasteiger partial charge in [0.1, 0.15) is 17.8 Å². The van der Waals surface area contributed by atoms with Crippen molar-refractivity contribution in [2.24, 2.45) is 5.92 Å². The molecule has 2 aromatic rings. The Balaban J connectivity index is 1.36. The van der Waals surface area contributed by atoms with Crippen LogP contribution >= 0.6 is 0 Å². The molecule has 0 aromatic carbocycles. The molecule has 1 aliphatic heterocycles. The van der Waals surface area contributed by atoms with Crippen molar-refractivity contribution < 1.29 is 0 Å². The maximum atomic E-state index is 4.38. The Bertz CT molecular complexity index is 601. The summed E-state index contributed by atoms with van der Waals surface area (Å²) < 4.78 is 0. The molecule has 2 fully saturated rings. The molecule has 5 nitrogen and oxygen atoms in total. The molecule has 1 aliphatic carbocycles. The Hall–Kier alpha value is -1.62. The molecule has 21 heavy (non-hydrogen) atoms. The minimum Gasteiger partial charge on any atom is -0.369 e. The van der Waals surface area contributed by atoms with Crippen LogP contribution in [-0.4, -0.2) is 45.5 Å². The van der Waals surface area contributed by atoms with E-state index >= 15 is 0 Å². The number of nitrogens with one attached hydrogen (secondary N) is 2. The van der Waals surface area contributed by atoms with Crippen LogP contribution in [0.4, 0.5) is 5.82 Å². The highest BCUT2D eigenvalue weighted by Crippen LogP contribution is 2.28. The van der Waals surface area contributed by atoms with Gasteiger partial charge in [0, 0.05) is 25.3 Å². The van der Waals surface area contributed by atoms with E-state index in [0.29, 0.717) is 0 Å². The highest BCUT2D eigenvalue weighted by atomic mass is 15.2. The highest BCUT2D eigenvalue weighted by Gasteiger charge is 2.29. The van der Waals surface area contributed by atoms with Crippen LogP contribution in [0.25, 0.3) is 11.0 Å². The molecule has 2 aliphatic rings. The lowest BCUT2D eigenvalue weighted by atomic mass is 10.1. The molecule has 0 amide bonds. The summed E-state index contributed by atoms with van der Waals surface area (Å²) in [5, 5.41) is 4.62. The monoisotopic (exact) mass is 285 g/mol. The fourth-order valence-corrected chi connectivity index (χ4v) is 3.88. The van der Waals surface area contributed by atoms with Crippen molar-refractivity contribution in [3.05, 3.63) is 18.6 Å². The molecule has 3 heterocycles. The lowest BCUT2D eigenvalue weighted by Crippen LogP contribution is -2.31. The summed E-state index contributed by atoms with van der Waals surface area (Å²) in [7, 11) is 0. The van der Waals surface area contributed by atoms with Crippen molar-refractivity contribution in [3.8, 4) is 0 Å². The normalized spacial score (nSPS) is 24.1. The summed E-state index contributed by atoms with van der Waals surface area (Å²) in [6, 6.07) is 2.90. The standard InChI is InChI=1S/C16H23N5/c1-2-4-13(3-1)21-8-6-12(10-21)9-18-16-14-5-7-17-15(14)19-11-20-16/h5,7,11-13H,1-4,6,8-10H2,(H2,17,18,19,20)/t12-/m0/s1. The molecule has 4 rings (SSSR count). The third kappa shape index (κ3) is 2.62. The van der Waals surface area contributed by atoms with Crippen molar-refractivity contribution >= 4 is 16.9 Å². The van der Waals surface area contributed by atoms with E-state index in [1.807, 2.05) is 12.3 Å². The minimum absolute atomic E-state index is 0.745. The Morgan fingerprint density at radius 2 is 2.14 bits per heavy atom. The van der Waals surface area contributed by atoms with Crippen LogP contribution in [0.15, 0.2) is 18.6 Å². The summed E-state index contributed by atoms with van der Waals surface area (Å²) >= 11 is 0. The van der Waals surface area contributed by atoms with Gasteiger partial charge in [0.25, 0.3) is 0 Å². The van der Waals surface area contributed by atoms with E-state index in [0.717, 1.165) is 35.4 Å². The quantitative estimate of drug-likeness (QED) is 0.906. The molecule has 1 saturated carbocycles. The van der Waals surface area contributed by atoms with Crippen LogP contribution in [0.3, 0.4) is 0 Å². The van der Waals surface area contributed by atoms with E-state index in [2.05, 4.69) is 25.2 Å². The summed E-state index contributed by atoms with van der Waals surface area (Å²) in [6.45, 7) is 3.54. The molecule has 1 atom stereocenters. The molecule has 2 aromatic heterocycles. The molecule has 2 N–H and O–H groups in total. The Morgan fingerprint density at radius 1 is 1.24 bits per heavy atom. The van der Waals surface area contributed by atoms with Crippen molar-refractivity contribution in [2.45, 2.75) is 38.1 Å². The van der Waals surface area contributed by atoms with Crippen molar-refractivity contribution in [2.75, 3.05) is 25.0 Å². The second-order valence-electron chi connectivity index (χ2n) is 6.43. The van der Waals surface area contributed by atoms with Crippen molar-refractivity contribution in [1.82, 2.24) is 19.9 Å². The van der Waals surface area contributed by atoms with Gasteiger partial charge in [0.2, 0.25) is 0 Å². The number of fused-ring (bicyclic) bond motifs is 1. The molecule has 0 radical (unpaired) electrons. The minimum atomic E-state index is 0.745. The van der Waals surface area contributed by atoms with Gasteiger partial charge in [-0.3, -0.25) is 0 Å². The molecule has 0 unspecified atom stereocenters. The first-order valence-corrected chi connectivity index (χ1v) is 8.16. The average Bonchev–Trinajstić information content (AvgIpc) is 3.23. The van der Waals surface area contributed by atoms with Gasteiger partial charge in [-0.25, -0.2) is 9.97 Å². The zero-order valence-electron chi connectivity index (χ0n) is 12.4. The van der Waals surface area contributed by atoms with E-state index in [-0.39, 0.29) is 0 Å². The van der Waals surface area contributed by atoms with Crippen LogP contribution in [0.5, 0.6) is 0 Å². The first kappa shape index (κ1) is 13.1. The van der Waals surface area contributed by atoms with E-state index in [1.54, 1.807) is 6.33 Å². The second kappa shape index (κ2) is 5.64. The predicted molar refractivity (Wildman–Crippen MR) is 84.3 cm³/mol. The number of hydrogen-bond acceptors (Lipinski definition) is 4. The summed E-state index contributed by atoms with van der Waals surface area (Å²) in [5.41, 5.74) is 0.909. The van der Waals surface area contributed by atoms with Gasteiger partial charge in [0.15, 0.2) is 0 Å². The largest absolute Gasteiger partial charge is 0.369 e. The van der Waals surface area contributed by atoms with Gasteiger partial charge in [-0.15, -0.1) is 0 Å². The zero-order valence-corrected chi connectivity index (χ0v) is 12.4. The number of rotatable bonds is 4. The number of nitrogens with zero attached hydrogens (tertiary/aromatic N) is 3. The maximum absolute atomic E-state index is 4.38. The van der Waals surface area contributed by atoms with Crippen LogP contribution < -0.4 is 5.32 Å². The van der Waals surface area contributed by atoms with Gasteiger partial charge in [-0.2, -0.15) is 0 Å². The highest BCUT2D eigenvalue weighted by molar-refractivity contribution is 5.86. The second-order valence-corrected chi connectivity index (χ2v) is 6.43. The lowest BCUT2D eigenvalue weighted by Gasteiger charge is -2.23. The summed E-state index contributed by atoms with van der Waals surface area (Å²) in [5.74, 6) is 1.70. The Kier molecular flexibility index (Phi) is 3.51. The molecule has 5 heteroatoms.